The summed E-state index contributed by atoms with van der Waals surface area (Å²) >= 11 is 0. The van der Waals surface area contributed by atoms with E-state index in [-0.39, 0.29) is 5.91 Å². The fraction of sp³-hybridized carbons (Fsp3) is 0.381. The van der Waals surface area contributed by atoms with Crippen LogP contribution in [0, 0.1) is 6.92 Å². The first kappa shape index (κ1) is 18.1. The number of hydrogen-bond donors (Lipinski definition) is 0. The molecule has 3 rings (SSSR count). The first-order chi connectivity index (χ1) is 12.6. The van der Waals surface area contributed by atoms with E-state index in [2.05, 4.69) is 11.0 Å². The average Bonchev–Trinajstić information content (AvgIpc) is 2.69. The molecule has 0 N–H and O–H groups in total. The van der Waals surface area contributed by atoms with Gasteiger partial charge < -0.3 is 19.3 Å². The first-order valence-corrected chi connectivity index (χ1v) is 9.04. The zero-order chi connectivity index (χ0) is 18.5. The Labute approximate surface area is 155 Å². The number of ether oxygens (including phenoxy) is 2. The van der Waals surface area contributed by atoms with Crippen LogP contribution < -0.4 is 14.4 Å². The van der Waals surface area contributed by atoms with Crippen molar-refractivity contribution < 1.29 is 14.3 Å². The van der Waals surface area contributed by atoms with Gasteiger partial charge in [0.1, 0.15) is 11.5 Å². The van der Waals surface area contributed by atoms with Crippen LogP contribution in [-0.4, -0.2) is 50.7 Å². The SMILES string of the molecule is CCOc1ccc(C(=O)N2CCN(c3ccccc3OC)CC2)cc1C. The summed E-state index contributed by atoms with van der Waals surface area (Å²) < 4.78 is 11.0. The molecule has 26 heavy (non-hydrogen) atoms. The lowest BCUT2D eigenvalue weighted by atomic mass is 10.1. The van der Waals surface area contributed by atoms with Crippen LogP contribution in [0.15, 0.2) is 42.5 Å². The Hall–Kier alpha value is -2.69. The van der Waals surface area contributed by atoms with Crippen LogP contribution in [-0.2, 0) is 0 Å². The van der Waals surface area contributed by atoms with Crippen LogP contribution in [0.1, 0.15) is 22.8 Å². The molecule has 2 aromatic rings. The lowest BCUT2D eigenvalue weighted by molar-refractivity contribution is 0.0746. The summed E-state index contributed by atoms with van der Waals surface area (Å²) in [5, 5.41) is 0. The van der Waals surface area contributed by atoms with Gasteiger partial charge >= 0.3 is 0 Å². The van der Waals surface area contributed by atoms with Crippen molar-refractivity contribution in [2.45, 2.75) is 13.8 Å². The summed E-state index contributed by atoms with van der Waals surface area (Å²) in [4.78, 5) is 17.0. The van der Waals surface area contributed by atoms with E-state index in [1.807, 2.05) is 55.1 Å². The lowest BCUT2D eigenvalue weighted by Gasteiger charge is -2.36. The van der Waals surface area contributed by atoms with E-state index >= 15 is 0 Å². The van der Waals surface area contributed by atoms with Crippen LogP contribution in [0.2, 0.25) is 0 Å². The summed E-state index contributed by atoms with van der Waals surface area (Å²) in [6.07, 6.45) is 0. The molecule has 1 amide bonds. The molecule has 1 fully saturated rings. The molecule has 5 heteroatoms. The number of amides is 1. The Bertz CT molecular complexity index is 768. The Kier molecular flexibility index (Phi) is 5.66. The van der Waals surface area contributed by atoms with E-state index in [9.17, 15) is 4.79 Å². The fourth-order valence-electron chi connectivity index (χ4n) is 3.32. The maximum Gasteiger partial charge on any atom is 0.253 e. The quantitative estimate of drug-likeness (QED) is 0.826. The van der Waals surface area contributed by atoms with E-state index < -0.39 is 0 Å². The van der Waals surface area contributed by atoms with E-state index in [0.717, 1.165) is 41.4 Å². The van der Waals surface area contributed by atoms with Crippen molar-refractivity contribution in [2.24, 2.45) is 0 Å². The molecule has 0 radical (unpaired) electrons. The molecule has 1 saturated heterocycles. The summed E-state index contributed by atoms with van der Waals surface area (Å²) in [6.45, 7) is 7.54. The van der Waals surface area contributed by atoms with Crippen LogP contribution in [0.25, 0.3) is 0 Å². The minimum Gasteiger partial charge on any atom is -0.495 e. The predicted molar refractivity (Wildman–Crippen MR) is 103 cm³/mol. The van der Waals surface area contributed by atoms with Crippen molar-refractivity contribution in [3.8, 4) is 11.5 Å². The van der Waals surface area contributed by atoms with Crippen molar-refractivity contribution in [2.75, 3.05) is 44.8 Å². The van der Waals surface area contributed by atoms with Gasteiger partial charge in [0.2, 0.25) is 0 Å². The van der Waals surface area contributed by atoms with Crippen molar-refractivity contribution in [1.29, 1.82) is 0 Å². The van der Waals surface area contributed by atoms with Gasteiger partial charge in [-0.2, -0.15) is 0 Å². The second-order valence-corrected chi connectivity index (χ2v) is 6.36. The normalized spacial score (nSPS) is 14.3. The molecule has 0 saturated carbocycles. The largest absolute Gasteiger partial charge is 0.495 e. The number of hydrogen-bond acceptors (Lipinski definition) is 4. The monoisotopic (exact) mass is 354 g/mol. The number of piperazine rings is 1. The highest BCUT2D eigenvalue weighted by molar-refractivity contribution is 5.94. The molecular formula is C21H26N2O3. The molecule has 5 nitrogen and oxygen atoms in total. The second kappa shape index (κ2) is 8.13. The second-order valence-electron chi connectivity index (χ2n) is 6.36. The van der Waals surface area contributed by atoms with E-state index in [1.54, 1.807) is 7.11 Å². The first-order valence-electron chi connectivity index (χ1n) is 9.04. The molecule has 2 aromatic carbocycles. The Morgan fingerprint density at radius 2 is 1.77 bits per heavy atom. The number of carbonyl (C=O) groups is 1. The van der Waals surface area contributed by atoms with Gasteiger partial charge in [0.25, 0.3) is 5.91 Å². The van der Waals surface area contributed by atoms with Gasteiger partial charge in [-0.3, -0.25) is 4.79 Å². The van der Waals surface area contributed by atoms with Crippen molar-refractivity contribution in [3.63, 3.8) is 0 Å². The van der Waals surface area contributed by atoms with E-state index in [1.165, 1.54) is 0 Å². The molecule has 138 valence electrons. The van der Waals surface area contributed by atoms with Crippen molar-refractivity contribution >= 4 is 11.6 Å². The highest BCUT2D eigenvalue weighted by Crippen LogP contribution is 2.28. The number of aryl methyl sites for hydroxylation is 1. The van der Waals surface area contributed by atoms with Crippen molar-refractivity contribution in [1.82, 2.24) is 4.90 Å². The third-order valence-corrected chi connectivity index (χ3v) is 4.71. The van der Waals surface area contributed by atoms with Gasteiger partial charge in [0.05, 0.1) is 19.4 Å². The molecule has 1 heterocycles. The van der Waals surface area contributed by atoms with Crippen LogP contribution in [0.3, 0.4) is 0 Å². The number of anilines is 1. The van der Waals surface area contributed by atoms with Gasteiger partial charge in [0, 0.05) is 31.7 Å². The number of methoxy groups -OCH3 is 1. The summed E-state index contributed by atoms with van der Waals surface area (Å²) in [7, 11) is 1.69. The van der Waals surface area contributed by atoms with Crippen LogP contribution >= 0.6 is 0 Å². The number of carbonyl (C=O) groups excluding carboxylic acids is 1. The smallest absolute Gasteiger partial charge is 0.253 e. The number of para-hydroxylation sites is 2. The van der Waals surface area contributed by atoms with Gasteiger partial charge in [-0.15, -0.1) is 0 Å². The summed E-state index contributed by atoms with van der Waals surface area (Å²) in [5.74, 6) is 1.79. The fourth-order valence-corrected chi connectivity index (χ4v) is 3.32. The van der Waals surface area contributed by atoms with Crippen LogP contribution in [0.4, 0.5) is 5.69 Å². The maximum atomic E-state index is 12.8. The molecule has 1 aliphatic rings. The molecule has 0 bridgehead atoms. The van der Waals surface area contributed by atoms with Gasteiger partial charge in [-0.05, 0) is 49.7 Å². The highest BCUT2D eigenvalue weighted by atomic mass is 16.5. The minimum absolute atomic E-state index is 0.0795. The number of benzene rings is 2. The molecule has 1 aliphatic heterocycles. The Morgan fingerprint density at radius 1 is 1.04 bits per heavy atom. The number of nitrogens with zero attached hydrogens (tertiary/aromatic N) is 2. The maximum absolute atomic E-state index is 12.8. The molecule has 0 atom stereocenters. The third kappa shape index (κ3) is 3.77. The molecular weight excluding hydrogens is 328 g/mol. The average molecular weight is 354 g/mol. The Morgan fingerprint density at radius 3 is 2.42 bits per heavy atom. The van der Waals surface area contributed by atoms with Gasteiger partial charge in [0.15, 0.2) is 0 Å². The van der Waals surface area contributed by atoms with Gasteiger partial charge in [-0.25, -0.2) is 0 Å². The summed E-state index contributed by atoms with van der Waals surface area (Å²) in [6, 6.07) is 13.7. The van der Waals surface area contributed by atoms with Gasteiger partial charge in [-0.1, -0.05) is 12.1 Å². The highest BCUT2D eigenvalue weighted by Gasteiger charge is 2.24. The lowest BCUT2D eigenvalue weighted by Crippen LogP contribution is -2.48. The zero-order valence-electron chi connectivity index (χ0n) is 15.7. The predicted octanol–water partition coefficient (Wildman–Crippen LogP) is 3.36. The van der Waals surface area contributed by atoms with Crippen LogP contribution in [0.5, 0.6) is 11.5 Å². The third-order valence-electron chi connectivity index (χ3n) is 4.71. The van der Waals surface area contributed by atoms with E-state index in [0.29, 0.717) is 19.7 Å². The van der Waals surface area contributed by atoms with Crippen molar-refractivity contribution in [3.05, 3.63) is 53.6 Å². The molecule has 0 spiro atoms. The minimum atomic E-state index is 0.0795. The number of rotatable bonds is 5. The standard InChI is InChI=1S/C21H26N2O3/c1-4-26-19-10-9-17(15-16(19)2)21(24)23-13-11-22(12-14-23)18-7-5-6-8-20(18)25-3/h5-10,15H,4,11-14H2,1-3H3. The molecule has 0 aromatic heterocycles. The zero-order valence-corrected chi connectivity index (χ0v) is 15.7. The Balaban J connectivity index is 1.66. The summed E-state index contributed by atoms with van der Waals surface area (Å²) in [5.41, 5.74) is 2.79. The topological polar surface area (TPSA) is 42.0 Å². The molecule has 0 aliphatic carbocycles. The molecule has 0 unspecified atom stereocenters. The van der Waals surface area contributed by atoms with E-state index in [4.69, 9.17) is 9.47 Å².